The number of amides is 2. The Hall–Kier alpha value is -2.41. The molecule has 0 bridgehead atoms. The maximum Gasteiger partial charge on any atom is 0.261 e. The van der Waals surface area contributed by atoms with Crippen molar-refractivity contribution in [2.24, 2.45) is 0 Å². The predicted octanol–water partition coefficient (Wildman–Crippen LogP) is 5.57. The third kappa shape index (κ3) is 7.03. The molecule has 7 heteroatoms. The van der Waals surface area contributed by atoms with Gasteiger partial charge in [0.15, 0.2) is 6.61 Å². The maximum absolute atomic E-state index is 13.4. The van der Waals surface area contributed by atoms with Crippen LogP contribution in [0.5, 0.6) is 5.75 Å². The molecule has 0 aliphatic heterocycles. The van der Waals surface area contributed by atoms with Crippen molar-refractivity contribution < 1.29 is 18.7 Å². The van der Waals surface area contributed by atoms with Crippen molar-refractivity contribution in [3.63, 3.8) is 0 Å². The molecule has 0 radical (unpaired) electrons. The molecule has 2 amide bonds. The first kappa shape index (κ1) is 25.2. The summed E-state index contributed by atoms with van der Waals surface area (Å²) in [5.74, 6) is 0.106. The molecular formula is C26H32BrFN2O3. The largest absolute Gasteiger partial charge is 0.483 e. The Labute approximate surface area is 203 Å². The number of ether oxygens (including phenoxy) is 1. The van der Waals surface area contributed by atoms with Gasteiger partial charge in [-0.2, -0.15) is 0 Å². The van der Waals surface area contributed by atoms with Gasteiger partial charge in [0.05, 0.1) is 4.47 Å². The van der Waals surface area contributed by atoms with Crippen LogP contribution in [0.25, 0.3) is 0 Å². The summed E-state index contributed by atoms with van der Waals surface area (Å²) in [4.78, 5) is 27.6. The molecule has 2 aromatic rings. The van der Waals surface area contributed by atoms with E-state index in [1.54, 1.807) is 19.1 Å². The minimum absolute atomic E-state index is 0.161. The van der Waals surface area contributed by atoms with Gasteiger partial charge < -0.3 is 15.0 Å². The van der Waals surface area contributed by atoms with Crippen LogP contribution in [0.2, 0.25) is 0 Å². The van der Waals surface area contributed by atoms with Crippen molar-refractivity contribution in [1.82, 2.24) is 10.2 Å². The molecule has 1 N–H and O–H groups in total. The van der Waals surface area contributed by atoms with Gasteiger partial charge in [-0.1, -0.05) is 44.9 Å². The molecule has 0 heterocycles. The Bertz CT molecular complexity index is 959. The molecular weight excluding hydrogens is 487 g/mol. The van der Waals surface area contributed by atoms with E-state index in [1.807, 2.05) is 18.2 Å². The lowest BCUT2D eigenvalue weighted by Gasteiger charge is -2.29. The van der Waals surface area contributed by atoms with E-state index in [1.165, 1.54) is 17.0 Å². The van der Waals surface area contributed by atoms with Crippen LogP contribution in [0.3, 0.4) is 0 Å². The zero-order chi connectivity index (χ0) is 24.0. The number of nitrogens with one attached hydrogen (secondary N) is 1. The zero-order valence-electron chi connectivity index (χ0n) is 19.4. The van der Waals surface area contributed by atoms with Crippen molar-refractivity contribution in [2.45, 2.75) is 71.0 Å². The Morgan fingerprint density at radius 2 is 1.79 bits per heavy atom. The van der Waals surface area contributed by atoms with Gasteiger partial charge in [-0.15, -0.1) is 0 Å². The van der Waals surface area contributed by atoms with Crippen LogP contribution < -0.4 is 10.1 Å². The molecule has 1 unspecified atom stereocenters. The summed E-state index contributed by atoms with van der Waals surface area (Å²) in [6, 6.07) is 11.2. The standard InChI is InChI=1S/C26H32BrFN2O3/c1-17(2)20-10-13-24(23(27)14-20)33-16-25(31)30(15-19-8-11-21(28)12-9-19)18(3)26(32)29-22-6-4-5-7-22/h8-14,17-18,22H,4-7,15-16H2,1-3H3,(H,29,32). The summed E-state index contributed by atoms with van der Waals surface area (Å²) < 4.78 is 19.9. The molecule has 2 aromatic carbocycles. The highest BCUT2D eigenvalue weighted by Gasteiger charge is 2.29. The lowest BCUT2D eigenvalue weighted by molar-refractivity contribution is -0.142. The second-order valence-electron chi connectivity index (χ2n) is 8.95. The summed E-state index contributed by atoms with van der Waals surface area (Å²) in [7, 11) is 0. The summed E-state index contributed by atoms with van der Waals surface area (Å²) in [5.41, 5.74) is 1.91. The second-order valence-corrected chi connectivity index (χ2v) is 9.80. The molecule has 1 aliphatic rings. The van der Waals surface area contributed by atoms with Crippen LogP contribution in [0.1, 0.15) is 63.5 Å². The minimum Gasteiger partial charge on any atom is -0.483 e. The Balaban J connectivity index is 1.72. The molecule has 0 aromatic heterocycles. The highest BCUT2D eigenvalue weighted by Crippen LogP contribution is 2.29. The number of carbonyl (C=O) groups excluding carboxylic acids is 2. The number of rotatable bonds is 9. The molecule has 5 nitrogen and oxygen atoms in total. The van der Waals surface area contributed by atoms with E-state index in [0.717, 1.165) is 41.3 Å². The van der Waals surface area contributed by atoms with E-state index >= 15 is 0 Å². The fourth-order valence-electron chi connectivity index (χ4n) is 3.98. The summed E-state index contributed by atoms with van der Waals surface area (Å²) in [6.45, 7) is 5.92. The molecule has 3 rings (SSSR count). The molecule has 1 fully saturated rings. The van der Waals surface area contributed by atoms with Gasteiger partial charge in [-0.25, -0.2) is 4.39 Å². The van der Waals surface area contributed by atoms with Gasteiger partial charge in [-0.3, -0.25) is 9.59 Å². The molecule has 33 heavy (non-hydrogen) atoms. The van der Waals surface area contributed by atoms with Gasteiger partial charge in [0.25, 0.3) is 5.91 Å². The average Bonchev–Trinajstić information content (AvgIpc) is 3.30. The van der Waals surface area contributed by atoms with Gasteiger partial charge in [-0.05, 0) is 77.0 Å². The van der Waals surface area contributed by atoms with Crippen LogP contribution in [0.15, 0.2) is 46.9 Å². The molecule has 0 saturated heterocycles. The van der Waals surface area contributed by atoms with E-state index in [4.69, 9.17) is 4.74 Å². The van der Waals surface area contributed by atoms with Crippen molar-refractivity contribution in [3.05, 3.63) is 63.9 Å². The van der Waals surface area contributed by atoms with Gasteiger partial charge in [0.1, 0.15) is 17.6 Å². The normalized spacial score (nSPS) is 14.8. The monoisotopic (exact) mass is 518 g/mol. The Kier molecular flexibility index (Phi) is 8.89. The highest BCUT2D eigenvalue weighted by molar-refractivity contribution is 9.10. The third-order valence-electron chi connectivity index (χ3n) is 6.11. The number of carbonyl (C=O) groups is 2. The Morgan fingerprint density at radius 1 is 1.12 bits per heavy atom. The Morgan fingerprint density at radius 3 is 2.39 bits per heavy atom. The third-order valence-corrected chi connectivity index (χ3v) is 6.73. The van der Waals surface area contributed by atoms with Crippen molar-refractivity contribution in [1.29, 1.82) is 0 Å². The zero-order valence-corrected chi connectivity index (χ0v) is 21.0. The first-order chi connectivity index (χ1) is 15.7. The SMILES string of the molecule is CC(C)c1ccc(OCC(=O)N(Cc2ccc(F)cc2)C(C)C(=O)NC2CCCC2)c(Br)c1. The fraction of sp³-hybridized carbons (Fsp3) is 0.462. The van der Waals surface area contributed by atoms with E-state index in [0.29, 0.717) is 11.7 Å². The summed E-state index contributed by atoms with van der Waals surface area (Å²) in [6.07, 6.45) is 4.15. The van der Waals surface area contributed by atoms with E-state index in [2.05, 4.69) is 35.1 Å². The van der Waals surface area contributed by atoms with Crippen molar-refractivity contribution >= 4 is 27.7 Å². The number of halogens is 2. The lowest BCUT2D eigenvalue weighted by Crippen LogP contribution is -2.50. The van der Waals surface area contributed by atoms with Gasteiger partial charge in [0, 0.05) is 12.6 Å². The van der Waals surface area contributed by atoms with Crippen LogP contribution >= 0.6 is 15.9 Å². The first-order valence-electron chi connectivity index (χ1n) is 11.5. The molecule has 1 aliphatic carbocycles. The van der Waals surface area contributed by atoms with Crippen LogP contribution in [0, 0.1) is 5.82 Å². The van der Waals surface area contributed by atoms with Crippen molar-refractivity contribution in [2.75, 3.05) is 6.61 Å². The number of benzene rings is 2. The van der Waals surface area contributed by atoms with Crippen LogP contribution in [-0.4, -0.2) is 35.4 Å². The average molecular weight is 519 g/mol. The molecule has 1 saturated carbocycles. The van der Waals surface area contributed by atoms with Crippen LogP contribution in [0.4, 0.5) is 4.39 Å². The molecule has 178 valence electrons. The number of nitrogens with zero attached hydrogens (tertiary/aromatic N) is 1. The van der Waals surface area contributed by atoms with E-state index in [-0.39, 0.29) is 36.8 Å². The number of hydrogen-bond acceptors (Lipinski definition) is 3. The van der Waals surface area contributed by atoms with Crippen LogP contribution in [-0.2, 0) is 16.1 Å². The molecule has 1 atom stereocenters. The first-order valence-corrected chi connectivity index (χ1v) is 12.3. The smallest absolute Gasteiger partial charge is 0.261 e. The highest BCUT2D eigenvalue weighted by atomic mass is 79.9. The molecule has 0 spiro atoms. The number of hydrogen-bond donors (Lipinski definition) is 1. The predicted molar refractivity (Wildman–Crippen MR) is 131 cm³/mol. The topological polar surface area (TPSA) is 58.6 Å². The lowest BCUT2D eigenvalue weighted by atomic mass is 10.0. The van der Waals surface area contributed by atoms with Crippen molar-refractivity contribution in [3.8, 4) is 5.75 Å². The quantitative estimate of drug-likeness (QED) is 0.472. The maximum atomic E-state index is 13.4. The summed E-state index contributed by atoms with van der Waals surface area (Å²) in [5, 5.41) is 3.07. The van der Waals surface area contributed by atoms with E-state index in [9.17, 15) is 14.0 Å². The fourth-order valence-corrected chi connectivity index (χ4v) is 4.49. The van der Waals surface area contributed by atoms with Gasteiger partial charge >= 0.3 is 0 Å². The second kappa shape index (κ2) is 11.6. The van der Waals surface area contributed by atoms with E-state index < -0.39 is 6.04 Å². The minimum atomic E-state index is -0.682. The summed E-state index contributed by atoms with van der Waals surface area (Å²) >= 11 is 3.51. The van der Waals surface area contributed by atoms with Gasteiger partial charge in [0.2, 0.25) is 5.91 Å².